The van der Waals surface area contributed by atoms with E-state index in [1.807, 2.05) is 30.3 Å². The number of aromatic hydroxyl groups is 1. The molecule has 0 spiro atoms. The highest BCUT2D eigenvalue weighted by Gasteiger charge is 2.14. The van der Waals surface area contributed by atoms with Gasteiger partial charge in [0.1, 0.15) is 23.7 Å². The molecule has 4 heteroatoms. The minimum absolute atomic E-state index is 0.150. The van der Waals surface area contributed by atoms with Crippen LogP contribution in [0, 0.1) is 6.92 Å². The van der Waals surface area contributed by atoms with E-state index in [0.717, 1.165) is 5.56 Å². The van der Waals surface area contributed by atoms with Crippen molar-refractivity contribution in [2.75, 3.05) is 0 Å². The first-order valence-corrected chi connectivity index (χ1v) is 5.81. The Labute approximate surface area is 110 Å². The number of aryl methyl sites for hydroxylation is 1. The van der Waals surface area contributed by atoms with Crippen LogP contribution in [0.2, 0.25) is 0 Å². The number of phenols is 1. The first kappa shape index (κ1) is 13.0. The molecular formula is C15H14O4. The summed E-state index contributed by atoms with van der Waals surface area (Å²) in [6.45, 7) is 1.99. The fraction of sp³-hybridized carbons (Fsp3) is 0.133. The second-order valence-corrected chi connectivity index (χ2v) is 4.22. The number of rotatable bonds is 4. The first-order chi connectivity index (χ1) is 9.08. The van der Waals surface area contributed by atoms with Crippen LogP contribution < -0.4 is 4.74 Å². The molecule has 98 valence electrons. The summed E-state index contributed by atoms with van der Waals surface area (Å²) in [5.74, 6) is -0.970. The lowest BCUT2D eigenvalue weighted by Gasteiger charge is -2.10. The quantitative estimate of drug-likeness (QED) is 0.884. The lowest BCUT2D eigenvalue weighted by Crippen LogP contribution is -2.01. The predicted molar refractivity (Wildman–Crippen MR) is 70.6 cm³/mol. The zero-order chi connectivity index (χ0) is 13.8. The van der Waals surface area contributed by atoms with Gasteiger partial charge >= 0.3 is 5.97 Å². The van der Waals surface area contributed by atoms with Gasteiger partial charge in [-0.2, -0.15) is 0 Å². The molecule has 0 radical (unpaired) electrons. The summed E-state index contributed by atoms with van der Waals surface area (Å²) in [6.07, 6.45) is 0. The fourth-order valence-corrected chi connectivity index (χ4v) is 1.73. The maximum Gasteiger partial charge on any atom is 0.339 e. The monoisotopic (exact) mass is 258 g/mol. The third-order valence-electron chi connectivity index (χ3n) is 2.75. The highest BCUT2D eigenvalue weighted by Crippen LogP contribution is 2.28. The van der Waals surface area contributed by atoms with Gasteiger partial charge in [-0.1, -0.05) is 30.3 Å². The summed E-state index contributed by atoms with van der Waals surface area (Å²) in [7, 11) is 0. The Morgan fingerprint density at radius 2 is 1.89 bits per heavy atom. The Morgan fingerprint density at radius 3 is 2.53 bits per heavy atom. The van der Waals surface area contributed by atoms with E-state index in [4.69, 9.17) is 9.84 Å². The predicted octanol–water partition coefficient (Wildman–Crippen LogP) is 2.98. The molecule has 19 heavy (non-hydrogen) atoms. The summed E-state index contributed by atoms with van der Waals surface area (Å²) >= 11 is 0. The molecule has 0 fully saturated rings. The minimum atomic E-state index is -1.18. The Kier molecular flexibility index (Phi) is 3.71. The topological polar surface area (TPSA) is 66.8 Å². The van der Waals surface area contributed by atoms with E-state index in [1.54, 1.807) is 13.0 Å². The maximum atomic E-state index is 11.0. The van der Waals surface area contributed by atoms with E-state index in [1.165, 1.54) is 6.07 Å². The van der Waals surface area contributed by atoms with Gasteiger partial charge in [-0.05, 0) is 30.2 Å². The van der Waals surface area contributed by atoms with Gasteiger partial charge in [0.25, 0.3) is 0 Å². The third-order valence-corrected chi connectivity index (χ3v) is 2.75. The molecule has 0 aliphatic rings. The van der Waals surface area contributed by atoms with Crippen LogP contribution in [0.3, 0.4) is 0 Å². The van der Waals surface area contributed by atoms with Gasteiger partial charge in [0.2, 0.25) is 0 Å². The summed E-state index contributed by atoms with van der Waals surface area (Å²) < 4.78 is 5.54. The van der Waals surface area contributed by atoms with Gasteiger partial charge in [-0.15, -0.1) is 0 Å². The smallest absolute Gasteiger partial charge is 0.339 e. The molecule has 0 amide bonds. The molecule has 0 aliphatic carbocycles. The van der Waals surface area contributed by atoms with Crippen LogP contribution >= 0.6 is 0 Å². The number of aromatic carboxylic acids is 1. The minimum Gasteiger partial charge on any atom is -0.507 e. The largest absolute Gasteiger partial charge is 0.507 e. The molecule has 0 aromatic heterocycles. The van der Waals surface area contributed by atoms with Gasteiger partial charge in [0, 0.05) is 0 Å². The van der Waals surface area contributed by atoms with Gasteiger partial charge in [0.15, 0.2) is 0 Å². The SMILES string of the molecule is Cc1cc(OCc2ccccc2)cc(C(=O)O)c1O. The van der Waals surface area contributed by atoms with Crippen LogP contribution in [0.25, 0.3) is 0 Å². The second-order valence-electron chi connectivity index (χ2n) is 4.22. The molecule has 4 nitrogen and oxygen atoms in total. The second kappa shape index (κ2) is 5.44. The molecule has 0 aliphatic heterocycles. The van der Waals surface area contributed by atoms with E-state index < -0.39 is 5.97 Å². The lowest BCUT2D eigenvalue weighted by molar-refractivity contribution is 0.0693. The van der Waals surface area contributed by atoms with Crippen LogP contribution in [0.1, 0.15) is 21.5 Å². The molecule has 2 rings (SSSR count). The highest BCUT2D eigenvalue weighted by atomic mass is 16.5. The van der Waals surface area contributed by atoms with E-state index in [9.17, 15) is 9.90 Å². The van der Waals surface area contributed by atoms with Crippen molar-refractivity contribution in [2.45, 2.75) is 13.5 Å². The third kappa shape index (κ3) is 3.04. The molecule has 0 bridgehead atoms. The Balaban J connectivity index is 2.19. The van der Waals surface area contributed by atoms with Crippen molar-refractivity contribution in [2.24, 2.45) is 0 Å². The molecule has 0 unspecified atom stereocenters. The van der Waals surface area contributed by atoms with Crippen molar-refractivity contribution in [1.29, 1.82) is 0 Å². The molecule has 2 aromatic rings. The first-order valence-electron chi connectivity index (χ1n) is 5.81. The summed E-state index contributed by atoms with van der Waals surface area (Å²) in [5, 5.41) is 18.6. The van der Waals surface area contributed by atoms with Crippen LogP contribution in [0.4, 0.5) is 0 Å². The average Bonchev–Trinajstić information content (AvgIpc) is 2.41. The number of carboxylic acids is 1. The summed E-state index contributed by atoms with van der Waals surface area (Å²) in [6, 6.07) is 12.5. The number of benzene rings is 2. The number of carbonyl (C=O) groups is 1. The molecule has 0 saturated carbocycles. The highest BCUT2D eigenvalue weighted by molar-refractivity contribution is 5.91. The van der Waals surface area contributed by atoms with Crippen molar-refractivity contribution in [3.05, 3.63) is 59.2 Å². The Bertz CT molecular complexity index is 591. The van der Waals surface area contributed by atoms with Crippen LogP contribution in [-0.4, -0.2) is 16.2 Å². The van der Waals surface area contributed by atoms with Crippen LogP contribution in [-0.2, 0) is 6.61 Å². The number of hydrogen-bond acceptors (Lipinski definition) is 3. The lowest BCUT2D eigenvalue weighted by atomic mass is 10.1. The zero-order valence-electron chi connectivity index (χ0n) is 10.5. The average molecular weight is 258 g/mol. The van der Waals surface area contributed by atoms with Crippen molar-refractivity contribution in [1.82, 2.24) is 0 Å². The molecule has 0 saturated heterocycles. The van der Waals surface area contributed by atoms with E-state index >= 15 is 0 Å². The Hall–Kier alpha value is -2.49. The zero-order valence-corrected chi connectivity index (χ0v) is 10.5. The van der Waals surface area contributed by atoms with Crippen molar-refractivity contribution in [3.63, 3.8) is 0 Å². The molecule has 0 heterocycles. The molecule has 2 aromatic carbocycles. The molecular weight excluding hydrogens is 244 g/mol. The van der Waals surface area contributed by atoms with E-state index in [2.05, 4.69) is 0 Å². The molecule has 2 N–H and O–H groups in total. The van der Waals surface area contributed by atoms with Crippen molar-refractivity contribution < 1.29 is 19.7 Å². The van der Waals surface area contributed by atoms with E-state index in [0.29, 0.717) is 17.9 Å². The van der Waals surface area contributed by atoms with Gasteiger partial charge < -0.3 is 14.9 Å². The van der Waals surface area contributed by atoms with Gasteiger partial charge in [0.05, 0.1) is 0 Å². The van der Waals surface area contributed by atoms with Gasteiger partial charge in [-0.3, -0.25) is 0 Å². The van der Waals surface area contributed by atoms with Gasteiger partial charge in [-0.25, -0.2) is 4.79 Å². The normalized spacial score (nSPS) is 10.2. The fourth-order valence-electron chi connectivity index (χ4n) is 1.73. The number of hydrogen-bond donors (Lipinski definition) is 2. The Morgan fingerprint density at radius 1 is 1.21 bits per heavy atom. The summed E-state index contributed by atoms with van der Waals surface area (Å²) in [5.41, 5.74) is 1.32. The van der Waals surface area contributed by atoms with E-state index in [-0.39, 0.29) is 11.3 Å². The standard InChI is InChI=1S/C15H14O4/c1-10-7-12(8-13(14(10)16)15(17)18)19-9-11-5-3-2-4-6-11/h2-8,16H,9H2,1H3,(H,17,18). The summed E-state index contributed by atoms with van der Waals surface area (Å²) in [4.78, 5) is 11.0. The van der Waals surface area contributed by atoms with Crippen LogP contribution in [0.15, 0.2) is 42.5 Å². The van der Waals surface area contributed by atoms with Crippen LogP contribution in [0.5, 0.6) is 11.5 Å². The number of carboxylic acid groups (broad SMARTS) is 1. The number of ether oxygens (including phenoxy) is 1. The molecule has 0 atom stereocenters. The maximum absolute atomic E-state index is 11.0. The van der Waals surface area contributed by atoms with Crippen molar-refractivity contribution >= 4 is 5.97 Å². The van der Waals surface area contributed by atoms with Crippen molar-refractivity contribution in [3.8, 4) is 11.5 Å².